The Labute approximate surface area is 475 Å². The second-order valence-electron chi connectivity index (χ2n) is 25.4. The molecule has 0 bridgehead atoms. The van der Waals surface area contributed by atoms with E-state index in [-0.39, 0.29) is 23.1 Å². The third kappa shape index (κ3) is 6.61. The maximum Gasteiger partial charge on any atom is 0.343 e. The Morgan fingerprint density at radius 3 is 1.91 bits per heavy atom. The van der Waals surface area contributed by atoms with Crippen molar-refractivity contribution in [1.82, 2.24) is 4.57 Å². The number of nitrogens with zero attached hydrogens (tertiary/aromatic N) is 3. The molecule has 0 saturated heterocycles. The molecule has 10 aromatic carbocycles. The number of fused-ring (bicyclic) bond motifs is 19. The van der Waals surface area contributed by atoms with Crippen molar-refractivity contribution >= 4 is 133 Å². The van der Waals surface area contributed by atoms with Gasteiger partial charge >= 0.3 is 6.85 Å². The Balaban J connectivity index is 1.04. The second kappa shape index (κ2) is 16.4. The van der Waals surface area contributed by atoms with Gasteiger partial charge in [0.15, 0.2) is 0 Å². The number of benzene rings is 10. The Morgan fingerprint density at radius 2 is 1.20 bits per heavy atom. The molecule has 2 aliphatic heterocycles. The molecule has 81 heavy (non-hydrogen) atoms. The standard InChI is InChI=1S/C74H58BN3O2S/c1-72(2,3)45-28-30-48(31-29-45)78-59-42-62-52(50-33-32-49(38-61(50)79-62)76(46-21-13-9-14-22-46)47-23-15-10-16-24-47)39-53(59)64-65-51-25-17-18-26-60(51)80-70(65)66-54-40-56-57(74(6,7)36-35-73(56,4)5)41-58(54)77-68-55-37-44(43-19-11-8-12-20-43)27-34-63(55)81-71(68)75(78)67(64)69(66)77/h8-34,37-42H,35-36H2,1-7H3. The lowest BCUT2D eigenvalue weighted by Crippen LogP contribution is -2.59. The van der Waals surface area contributed by atoms with E-state index < -0.39 is 0 Å². The van der Waals surface area contributed by atoms with Gasteiger partial charge in [0.2, 0.25) is 0 Å². The molecule has 390 valence electrons. The first-order chi connectivity index (χ1) is 39.3. The highest BCUT2D eigenvalue weighted by molar-refractivity contribution is 7.32. The van der Waals surface area contributed by atoms with Gasteiger partial charge < -0.3 is 23.1 Å². The molecule has 0 amide bonds. The number of furan rings is 2. The largest absolute Gasteiger partial charge is 0.456 e. The normalized spacial score (nSPS) is 15.1. The van der Waals surface area contributed by atoms with Gasteiger partial charge in [-0.05, 0) is 153 Å². The number of aromatic nitrogens is 1. The van der Waals surface area contributed by atoms with Crippen molar-refractivity contribution in [2.24, 2.45) is 0 Å². The fourth-order valence-corrected chi connectivity index (χ4v) is 15.8. The van der Waals surface area contributed by atoms with Crippen LogP contribution in [0, 0.1) is 0 Å². The Kier molecular flexibility index (Phi) is 9.55. The highest BCUT2D eigenvalue weighted by Gasteiger charge is 2.49. The summed E-state index contributed by atoms with van der Waals surface area (Å²) in [7, 11) is 0. The molecule has 0 fully saturated rings. The molecule has 0 radical (unpaired) electrons. The zero-order chi connectivity index (χ0) is 54.4. The van der Waals surface area contributed by atoms with Crippen LogP contribution in [-0.4, -0.2) is 11.4 Å². The van der Waals surface area contributed by atoms with Gasteiger partial charge in [-0.15, -0.1) is 11.3 Å². The summed E-state index contributed by atoms with van der Waals surface area (Å²) in [6.45, 7) is 16.5. The van der Waals surface area contributed by atoms with Crippen molar-refractivity contribution in [3.8, 4) is 27.9 Å². The number of hydrogen-bond acceptors (Lipinski definition) is 5. The van der Waals surface area contributed by atoms with Crippen LogP contribution < -0.4 is 20.0 Å². The van der Waals surface area contributed by atoms with Crippen LogP contribution in [0.2, 0.25) is 0 Å². The van der Waals surface area contributed by atoms with Crippen molar-refractivity contribution in [3.63, 3.8) is 0 Å². The first-order valence-corrected chi connectivity index (χ1v) is 29.5. The maximum atomic E-state index is 7.46. The Morgan fingerprint density at radius 1 is 0.531 bits per heavy atom. The molecule has 5 nitrogen and oxygen atoms in total. The van der Waals surface area contributed by atoms with Crippen molar-refractivity contribution in [2.45, 2.75) is 77.6 Å². The maximum absolute atomic E-state index is 7.46. The van der Waals surface area contributed by atoms with Crippen molar-refractivity contribution < 1.29 is 8.83 Å². The van der Waals surface area contributed by atoms with Crippen LogP contribution in [0.1, 0.15) is 78.0 Å². The Bertz CT molecular complexity index is 4940. The summed E-state index contributed by atoms with van der Waals surface area (Å²) in [4.78, 5) is 4.98. The first kappa shape index (κ1) is 47.1. The molecule has 17 rings (SSSR count). The molecular weight excluding hydrogens is 1010 g/mol. The predicted molar refractivity (Wildman–Crippen MR) is 344 cm³/mol. The lowest BCUT2D eigenvalue weighted by atomic mass is 9.47. The fourth-order valence-electron chi connectivity index (χ4n) is 14.5. The van der Waals surface area contributed by atoms with Crippen LogP contribution in [0.15, 0.2) is 209 Å². The fraction of sp³-hybridized carbons (Fsp3) is 0.162. The number of para-hydroxylation sites is 3. The highest BCUT2D eigenvalue weighted by Crippen LogP contribution is 2.56. The van der Waals surface area contributed by atoms with E-state index in [1.54, 1.807) is 0 Å². The molecule has 0 saturated carbocycles. The predicted octanol–water partition coefficient (Wildman–Crippen LogP) is 19.8. The first-order valence-electron chi connectivity index (χ1n) is 28.7. The lowest BCUT2D eigenvalue weighted by Gasteiger charge is -2.42. The second-order valence-corrected chi connectivity index (χ2v) is 26.5. The number of hydrogen-bond donors (Lipinski definition) is 0. The quantitative estimate of drug-likeness (QED) is 0.161. The third-order valence-corrected chi connectivity index (χ3v) is 19.9. The third-order valence-electron chi connectivity index (χ3n) is 18.7. The van der Waals surface area contributed by atoms with Crippen LogP contribution in [-0.2, 0) is 16.2 Å². The molecule has 4 aromatic heterocycles. The summed E-state index contributed by atoms with van der Waals surface area (Å²) in [6, 6.07) is 74.3. The van der Waals surface area contributed by atoms with E-state index in [1.807, 2.05) is 11.3 Å². The molecule has 3 aliphatic rings. The minimum Gasteiger partial charge on any atom is -0.456 e. The summed E-state index contributed by atoms with van der Waals surface area (Å²) in [5, 5.41) is 8.18. The van der Waals surface area contributed by atoms with E-state index in [9.17, 15) is 0 Å². The smallest absolute Gasteiger partial charge is 0.343 e. The lowest BCUT2D eigenvalue weighted by molar-refractivity contribution is 0.332. The minimum absolute atomic E-state index is 0.00194. The average molecular weight is 1060 g/mol. The van der Waals surface area contributed by atoms with Gasteiger partial charge in [-0.1, -0.05) is 152 Å². The van der Waals surface area contributed by atoms with Gasteiger partial charge in [-0.2, -0.15) is 0 Å². The van der Waals surface area contributed by atoms with Gasteiger partial charge in [0.05, 0.1) is 22.1 Å². The summed E-state index contributed by atoms with van der Waals surface area (Å²) >= 11 is 1.95. The molecular formula is C74H58BN3O2S. The molecule has 0 unspecified atom stereocenters. The zero-order valence-electron chi connectivity index (χ0n) is 46.6. The molecule has 0 spiro atoms. The molecule has 6 heterocycles. The number of thiophene rings is 1. The van der Waals surface area contributed by atoms with Gasteiger partial charge in [-0.3, -0.25) is 0 Å². The van der Waals surface area contributed by atoms with Crippen molar-refractivity contribution in [1.29, 1.82) is 0 Å². The van der Waals surface area contributed by atoms with Gasteiger partial charge in [0.1, 0.15) is 22.3 Å². The van der Waals surface area contributed by atoms with E-state index >= 15 is 0 Å². The van der Waals surface area contributed by atoms with E-state index in [1.165, 1.54) is 92.1 Å². The van der Waals surface area contributed by atoms with Gasteiger partial charge in [0.25, 0.3) is 0 Å². The highest BCUT2D eigenvalue weighted by atomic mass is 32.1. The van der Waals surface area contributed by atoms with Crippen molar-refractivity contribution in [2.75, 3.05) is 9.71 Å². The van der Waals surface area contributed by atoms with E-state index in [2.05, 4.69) is 263 Å². The van der Waals surface area contributed by atoms with Crippen LogP contribution in [0.4, 0.5) is 28.4 Å². The molecule has 0 N–H and O–H groups in total. The SMILES string of the molecule is CC(C)(C)c1ccc(N2B3c4sc5ccc(-c6ccccc6)cc5c4-n4c5cc6c(cc5c5c7oc8ccccc8c7c(c3c54)-c3cc4c(cc32)oc2cc(N(c3ccccc3)c3ccccc3)ccc24)C(C)(C)CCC6(C)C)cc1. The number of anilines is 5. The monoisotopic (exact) mass is 1060 g/mol. The summed E-state index contributed by atoms with van der Waals surface area (Å²) in [5.41, 5.74) is 23.1. The van der Waals surface area contributed by atoms with E-state index in [4.69, 9.17) is 8.83 Å². The summed E-state index contributed by atoms with van der Waals surface area (Å²) in [6.07, 6.45) is 2.26. The van der Waals surface area contributed by atoms with Crippen LogP contribution in [0.5, 0.6) is 0 Å². The van der Waals surface area contributed by atoms with Crippen LogP contribution in [0.25, 0.3) is 104 Å². The molecule has 0 atom stereocenters. The summed E-state index contributed by atoms with van der Waals surface area (Å²) < 4.78 is 20.0. The average Bonchev–Trinajstić information content (AvgIpc) is 1.93. The Hall–Kier alpha value is -8.78. The van der Waals surface area contributed by atoms with E-state index in [0.717, 1.165) is 79.8 Å². The van der Waals surface area contributed by atoms with Gasteiger partial charge in [0, 0.05) is 87.9 Å². The van der Waals surface area contributed by atoms with Crippen LogP contribution >= 0.6 is 11.3 Å². The minimum atomic E-state index is -0.209. The zero-order valence-corrected chi connectivity index (χ0v) is 47.4. The van der Waals surface area contributed by atoms with Crippen LogP contribution in [0.3, 0.4) is 0 Å². The van der Waals surface area contributed by atoms with E-state index in [0.29, 0.717) is 0 Å². The van der Waals surface area contributed by atoms with Crippen molar-refractivity contribution in [3.05, 3.63) is 217 Å². The number of rotatable bonds is 5. The molecule has 1 aliphatic carbocycles. The topological polar surface area (TPSA) is 37.7 Å². The molecule has 14 aromatic rings. The van der Waals surface area contributed by atoms with Gasteiger partial charge in [-0.25, -0.2) is 0 Å². The molecule has 7 heteroatoms. The summed E-state index contributed by atoms with van der Waals surface area (Å²) in [5.74, 6) is 0.